The highest BCUT2D eigenvalue weighted by molar-refractivity contribution is 4.97. The predicted molar refractivity (Wildman–Crippen MR) is 69.2 cm³/mol. The van der Waals surface area contributed by atoms with Gasteiger partial charge in [0.05, 0.1) is 12.6 Å². The van der Waals surface area contributed by atoms with Gasteiger partial charge in [-0.15, -0.1) is 0 Å². The molecule has 2 rings (SSSR count). The molecule has 102 valence electrons. The molecular formula is C12H23N5O. The zero-order chi connectivity index (χ0) is 13.0. The van der Waals surface area contributed by atoms with Crippen molar-refractivity contribution in [1.82, 2.24) is 25.3 Å². The number of aromatic nitrogens is 2. The lowest BCUT2D eigenvalue weighted by Gasteiger charge is -2.30. The van der Waals surface area contributed by atoms with Crippen molar-refractivity contribution >= 4 is 0 Å². The Morgan fingerprint density at radius 3 is 2.89 bits per heavy atom. The van der Waals surface area contributed by atoms with E-state index < -0.39 is 0 Å². The van der Waals surface area contributed by atoms with Crippen molar-refractivity contribution in [2.45, 2.75) is 26.4 Å². The van der Waals surface area contributed by atoms with Gasteiger partial charge in [0.2, 0.25) is 5.89 Å². The van der Waals surface area contributed by atoms with Gasteiger partial charge in [0.25, 0.3) is 0 Å². The maximum absolute atomic E-state index is 5.34. The molecule has 1 fully saturated rings. The molecule has 6 nitrogen and oxygen atoms in total. The van der Waals surface area contributed by atoms with Crippen molar-refractivity contribution in [2.75, 3.05) is 39.8 Å². The van der Waals surface area contributed by atoms with Crippen LogP contribution in [0.25, 0.3) is 0 Å². The third-order valence-corrected chi connectivity index (χ3v) is 3.55. The summed E-state index contributed by atoms with van der Waals surface area (Å²) in [6.07, 6.45) is 0. The van der Waals surface area contributed by atoms with Crippen LogP contribution in [0.4, 0.5) is 0 Å². The largest absolute Gasteiger partial charge is 0.338 e. The fraction of sp³-hybridized carbons (Fsp3) is 0.833. The molecule has 6 heteroatoms. The Morgan fingerprint density at radius 1 is 1.44 bits per heavy atom. The van der Waals surface area contributed by atoms with Gasteiger partial charge in [-0.05, 0) is 20.1 Å². The zero-order valence-electron chi connectivity index (χ0n) is 11.5. The first kappa shape index (κ1) is 13.5. The van der Waals surface area contributed by atoms with Gasteiger partial charge < -0.3 is 9.84 Å². The van der Waals surface area contributed by atoms with E-state index in [9.17, 15) is 0 Å². The van der Waals surface area contributed by atoms with Crippen molar-refractivity contribution in [1.29, 1.82) is 0 Å². The highest BCUT2D eigenvalue weighted by Gasteiger charge is 2.25. The fourth-order valence-electron chi connectivity index (χ4n) is 2.20. The number of hydrogen-bond acceptors (Lipinski definition) is 6. The van der Waals surface area contributed by atoms with Crippen molar-refractivity contribution in [3.05, 3.63) is 11.7 Å². The smallest absolute Gasteiger partial charge is 0.240 e. The Morgan fingerprint density at radius 2 is 2.22 bits per heavy atom. The van der Waals surface area contributed by atoms with E-state index in [0.717, 1.165) is 45.1 Å². The summed E-state index contributed by atoms with van der Waals surface area (Å²) in [7, 11) is 2.10. The van der Waals surface area contributed by atoms with Crippen LogP contribution in [0.15, 0.2) is 4.52 Å². The number of rotatable bonds is 5. The molecule has 0 saturated carbocycles. The van der Waals surface area contributed by atoms with Crippen LogP contribution >= 0.6 is 0 Å². The van der Waals surface area contributed by atoms with Crippen LogP contribution in [0.2, 0.25) is 0 Å². The summed E-state index contributed by atoms with van der Waals surface area (Å²) < 4.78 is 5.34. The maximum Gasteiger partial charge on any atom is 0.240 e. The normalized spacial score (nSPS) is 21.7. The molecule has 1 saturated heterocycles. The molecule has 18 heavy (non-hydrogen) atoms. The molecule has 2 heterocycles. The van der Waals surface area contributed by atoms with Gasteiger partial charge in [-0.1, -0.05) is 19.0 Å². The highest BCUT2D eigenvalue weighted by Crippen LogP contribution is 2.17. The molecule has 1 atom stereocenters. The van der Waals surface area contributed by atoms with E-state index in [-0.39, 0.29) is 6.04 Å². The van der Waals surface area contributed by atoms with Gasteiger partial charge in [-0.25, -0.2) is 0 Å². The third kappa shape index (κ3) is 3.07. The number of nitrogens with one attached hydrogen (secondary N) is 1. The van der Waals surface area contributed by atoms with Crippen LogP contribution in [-0.2, 0) is 6.54 Å². The topological polar surface area (TPSA) is 57.4 Å². The minimum atomic E-state index is 0.230. The first-order valence-electron chi connectivity index (χ1n) is 6.70. The second-order valence-corrected chi connectivity index (χ2v) is 4.71. The van der Waals surface area contributed by atoms with Crippen LogP contribution in [0, 0.1) is 0 Å². The Balaban J connectivity index is 2.00. The van der Waals surface area contributed by atoms with Gasteiger partial charge in [0, 0.05) is 19.6 Å². The Bertz CT molecular complexity index is 363. The van der Waals surface area contributed by atoms with Crippen molar-refractivity contribution in [3.63, 3.8) is 0 Å². The Labute approximate surface area is 108 Å². The summed E-state index contributed by atoms with van der Waals surface area (Å²) in [4.78, 5) is 9.05. The first-order chi connectivity index (χ1) is 8.74. The summed E-state index contributed by atoms with van der Waals surface area (Å²) in [5.74, 6) is 1.51. The summed E-state index contributed by atoms with van der Waals surface area (Å²) in [6.45, 7) is 9.95. The second kappa shape index (κ2) is 6.26. The van der Waals surface area contributed by atoms with E-state index in [1.54, 1.807) is 0 Å². The average molecular weight is 253 g/mol. The van der Waals surface area contributed by atoms with Crippen LogP contribution in [0.1, 0.15) is 31.6 Å². The molecular weight excluding hydrogens is 230 g/mol. The lowest BCUT2D eigenvalue weighted by atomic mass is 10.2. The van der Waals surface area contributed by atoms with Crippen LogP contribution < -0.4 is 5.32 Å². The summed E-state index contributed by atoms with van der Waals surface area (Å²) in [5, 5.41) is 7.48. The molecule has 1 aromatic heterocycles. The molecule has 0 radical (unpaired) electrons. The lowest BCUT2D eigenvalue weighted by molar-refractivity contribution is 0.189. The molecule has 0 aromatic carbocycles. The lowest BCUT2D eigenvalue weighted by Crippen LogP contribution is -2.44. The Kier molecular flexibility index (Phi) is 4.68. The number of likely N-dealkylation sites (N-methyl/N-ethyl adjacent to an activating group) is 1. The molecule has 0 aliphatic carbocycles. The summed E-state index contributed by atoms with van der Waals surface area (Å²) in [6, 6.07) is 0.230. The third-order valence-electron chi connectivity index (χ3n) is 3.55. The van der Waals surface area contributed by atoms with Crippen molar-refractivity contribution in [3.8, 4) is 0 Å². The molecule has 1 unspecified atom stereocenters. The number of nitrogens with zero attached hydrogens (tertiary/aromatic N) is 4. The van der Waals surface area contributed by atoms with E-state index in [1.165, 1.54) is 0 Å². The predicted octanol–water partition coefficient (Wildman–Crippen LogP) is 0.488. The van der Waals surface area contributed by atoms with Crippen molar-refractivity contribution in [2.24, 2.45) is 0 Å². The molecule has 1 aliphatic rings. The van der Waals surface area contributed by atoms with E-state index in [0.29, 0.717) is 5.89 Å². The van der Waals surface area contributed by atoms with Crippen LogP contribution in [0.5, 0.6) is 0 Å². The fourth-order valence-corrected chi connectivity index (χ4v) is 2.20. The first-order valence-corrected chi connectivity index (χ1v) is 6.70. The van der Waals surface area contributed by atoms with Gasteiger partial charge in [0.15, 0.2) is 5.82 Å². The van der Waals surface area contributed by atoms with Crippen molar-refractivity contribution < 1.29 is 4.52 Å². The highest BCUT2D eigenvalue weighted by atomic mass is 16.5. The molecule has 0 amide bonds. The second-order valence-electron chi connectivity index (χ2n) is 4.71. The maximum atomic E-state index is 5.34. The van der Waals surface area contributed by atoms with Gasteiger partial charge in [0.1, 0.15) is 0 Å². The van der Waals surface area contributed by atoms with E-state index >= 15 is 0 Å². The standard InChI is InChI=1S/C12H23N5O/c1-4-17(5-2)9-11-14-12(15-18-11)10-8-13-6-7-16(10)3/h10,13H,4-9H2,1-3H3. The van der Waals surface area contributed by atoms with Gasteiger partial charge >= 0.3 is 0 Å². The summed E-state index contributed by atoms with van der Waals surface area (Å²) in [5.41, 5.74) is 0. The van der Waals surface area contributed by atoms with E-state index in [4.69, 9.17) is 4.52 Å². The zero-order valence-corrected chi connectivity index (χ0v) is 11.5. The monoisotopic (exact) mass is 253 g/mol. The summed E-state index contributed by atoms with van der Waals surface area (Å²) >= 11 is 0. The van der Waals surface area contributed by atoms with Gasteiger partial charge in [-0.3, -0.25) is 9.80 Å². The molecule has 0 spiro atoms. The molecule has 1 N–H and O–H groups in total. The van der Waals surface area contributed by atoms with Crippen LogP contribution in [-0.4, -0.2) is 59.7 Å². The molecule has 0 bridgehead atoms. The SMILES string of the molecule is CCN(CC)Cc1nc(C2CNCCN2C)no1. The Hall–Kier alpha value is -0.980. The van der Waals surface area contributed by atoms with E-state index in [2.05, 4.69) is 46.2 Å². The van der Waals surface area contributed by atoms with Crippen LogP contribution in [0.3, 0.4) is 0 Å². The molecule has 1 aliphatic heterocycles. The number of piperazine rings is 1. The quantitative estimate of drug-likeness (QED) is 0.824. The van der Waals surface area contributed by atoms with Gasteiger partial charge in [-0.2, -0.15) is 4.98 Å². The number of hydrogen-bond donors (Lipinski definition) is 1. The molecule has 1 aromatic rings. The van der Waals surface area contributed by atoms with E-state index in [1.807, 2.05) is 0 Å². The average Bonchev–Trinajstić information content (AvgIpc) is 2.85. The minimum absolute atomic E-state index is 0.230. The minimum Gasteiger partial charge on any atom is -0.338 e.